The van der Waals surface area contributed by atoms with Crippen LogP contribution in [0.25, 0.3) is 22.2 Å². The molecule has 0 radical (unpaired) electrons. The molecule has 98 valence electrons. The lowest BCUT2D eigenvalue weighted by Crippen LogP contribution is -1.95. The lowest BCUT2D eigenvalue weighted by atomic mass is 10.0. The molecule has 3 rings (SSSR count). The lowest BCUT2D eigenvalue weighted by Gasteiger charge is -2.07. The number of hydrogen-bond acceptors (Lipinski definition) is 3. The third kappa shape index (κ3) is 2.24. The van der Waals surface area contributed by atoms with E-state index >= 15 is 0 Å². The molecule has 0 atom stereocenters. The summed E-state index contributed by atoms with van der Waals surface area (Å²) in [5.41, 5.74) is 9.16. The standard InChI is InChI=1S/C16H11ClN2O/c17-16(20)13-9-15(10-5-7-11(18)8-6-10)19-14-4-2-1-3-12(13)14/h1-9H,18H2. The number of hydrogen-bond donors (Lipinski definition) is 1. The molecular weight excluding hydrogens is 272 g/mol. The SMILES string of the molecule is Nc1ccc(-c2cc(C(=O)Cl)c3ccccc3n2)cc1. The van der Waals surface area contributed by atoms with Gasteiger partial charge in [0.05, 0.1) is 11.2 Å². The lowest BCUT2D eigenvalue weighted by molar-refractivity contribution is 0.108. The number of carbonyl (C=O) groups is 1. The van der Waals surface area contributed by atoms with Gasteiger partial charge in [-0.1, -0.05) is 30.3 Å². The Balaban J connectivity index is 2.27. The number of nitrogens with two attached hydrogens (primary N) is 1. The smallest absolute Gasteiger partial charge is 0.253 e. The maximum atomic E-state index is 11.6. The van der Waals surface area contributed by atoms with Crippen LogP contribution in [0, 0.1) is 0 Å². The summed E-state index contributed by atoms with van der Waals surface area (Å²) in [7, 11) is 0. The van der Waals surface area contributed by atoms with Crippen LogP contribution in [-0.4, -0.2) is 10.2 Å². The number of aromatic nitrogens is 1. The van der Waals surface area contributed by atoms with E-state index in [0.29, 0.717) is 16.9 Å². The Hall–Kier alpha value is -2.39. The second-order valence-electron chi connectivity index (χ2n) is 4.47. The predicted molar refractivity (Wildman–Crippen MR) is 81.8 cm³/mol. The second-order valence-corrected chi connectivity index (χ2v) is 4.81. The highest BCUT2D eigenvalue weighted by molar-refractivity contribution is 6.68. The number of halogens is 1. The van der Waals surface area contributed by atoms with Gasteiger partial charge >= 0.3 is 0 Å². The van der Waals surface area contributed by atoms with Gasteiger partial charge in [0.15, 0.2) is 0 Å². The summed E-state index contributed by atoms with van der Waals surface area (Å²) in [5.74, 6) is 0. The molecule has 0 spiro atoms. The Morgan fingerprint density at radius 1 is 1.05 bits per heavy atom. The van der Waals surface area contributed by atoms with E-state index in [9.17, 15) is 4.79 Å². The summed E-state index contributed by atoms with van der Waals surface area (Å²) >= 11 is 5.68. The predicted octanol–water partition coefficient (Wildman–Crippen LogP) is 3.86. The van der Waals surface area contributed by atoms with E-state index in [4.69, 9.17) is 17.3 Å². The largest absolute Gasteiger partial charge is 0.399 e. The topological polar surface area (TPSA) is 56.0 Å². The summed E-state index contributed by atoms with van der Waals surface area (Å²) in [6.07, 6.45) is 0. The van der Waals surface area contributed by atoms with E-state index in [0.717, 1.165) is 16.5 Å². The minimum atomic E-state index is -0.486. The van der Waals surface area contributed by atoms with Crippen molar-refractivity contribution >= 4 is 33.4 Å². The van der Waals surface area contributed by atoms with Crippen LogP contribution in [0.4, 0.5) is 5.69 Å². The molecule has 0 amide bonds. The molecule has 0 saturated carbocycles. The molecule has 2 aromatic carbocycles. The zero-order valence-corrected chi connectivity index (χ0v) is 11.3. The average molecular weight is 283 g/mol. The molecular formula is C16H11ClN2O. The van der Waals surface area contributed by atoms with Crippen molar-refractivity contribution in [3.05, 3.63) is 60.2 Å². The zero-order chi connectivity index (χ0) is 14.1. The molecule has 0 aliphatic rings. The summed E-state index contributed by atoms with van der Waals surface area (Å²) in [5, 5.41) is 0.270. The second kappa shape index (κ2) is 4.94. The minimum absolute atomic E-state index is 0.462. The Labute approximate surface area is 121 Å². The molecule has 0 fully saturated rings. The third-order valence-corrected chi connectivity index (χ3v) is 3.34. The molecule has 1 heterocycles. The van der Waals surface area contributed by atoms with Crippen LogP contribution in [0.15, 0.2) is 54.6 Å². The molecule has 0 aliphatic carbocycles. The maximum Gasteiger partial charge on any atom is 0.253 e. The van der Waals surface area contributed by atoms with Gasteiger partial charge < -0.3 is 5.73 Å². The molecule has 0 unspecified atom stereocenters. The van der Waals surface area contributed by atoms with Gasteiger partial charge in [-0.15, -0.1) is 0 Å². The van der Waals surface area contributed by atoms with Crippen molar-refractivity contribution in [3.8, 4) is 11.3 Å². The van der Waals surface area contributed by atoms with Crippen LogP contribution in [0.5, 0.6) is 0 Å². The average Bonchev–Trinajstić information content (AvgIpc) is 2.46. The van der Waals surface area contributed by atoms with Gasteiger partial charge in [0.2, 0.25) is 0 Å². The molecule has 4 heteroatoms. The molecule has 0 saturated heterocycles. The van der Waals surface area contributed by atoms with Gasteiger partial charge in [-0.2, -0.15) is 0 Å². The Kier molecular flexibility index (Phi) is 3.12. The number of anilines is 1. The highest BCUT2D eigenvalue weighted by Gasteiger charge is 2.11. The van der Waals surface area contributed by atoms with Crippen molar-refractivity contribution in [1.82, 2.24) is 4.98 Å². The van der Waals surface area contributed by atoms with E-state index in [-0.39, 0.29) is 0 Å². The fourth-order valence-electron chi connectivity index (χ4n) is 2.14. The first kappa shape index (κ1) is 12.6. The monoisotopic (exact) mass is 282 g/mol. The van der Waals surface area contributed by atoms with Crippen molar-refractivity contribution in [3.63, 3.8) is 0 Å². The molecule has 2 N–H and O–H groups in total. The van der Waals surface area contributed by atoms with Gasteiger partial charge in [-0.25, -0.2) is 4.98 Å². The number of pyridine rings is 1. The molecule has 0 bridgehead atoms. The first-order valence-electron chi connectivity index (χ1n) is 6.11. The van der Waals surface area contributed by atoms with Gasteiger partial charge in [0, 0.05) is 22.2 Å². The molecule has 3 aromatic rings. The van der Waals surface area contributed by atoms with Crippen LogP contribution < -0.4 is 5.73 Å². The highest BCUT2D eigenvalue weighted by Crippen LogP contribution is 2.26. The van der Waals surface area contributed by atoms with Crippen LogP contribution in [0.1, 0.15) is 10.4 Å². The normalized spacial score (nSPS) is 10.7. The fraction of sp³-hybridized carbons (Fsp3) is 0. The Bertz CT molecular complexity index is 797. The number of rotatable bonds is 2. The van der Waals surface area contributed by atoms with Crippen LogP contribution in [-0.2, 0) is 0 Å². The van der Waals surface area contributed by atoms with Crippen molar-refractivity contribution in [2.24, 2.45) is 0 Å². The molecule has 1 aromatic heterocycles. The van der Waals surface area contributed by atoms with Crippen LogP contribution in [0.3, 0.4) is 0 Å². The first-order valence-corrected chi connectivity index (χ1v) is 6.48. The summed E-state index contributed by atoms with van der Waals surface area (Å²) in [4.78, 5) is 16.2. The summed E-state index contributed by atoms with van der Waals surface area (Å²) < 4.78 is 0. The van der Waals surface area contributed by atoms with Crippen LogP contribution >= 0.6 is 11.6 Å². The number of fused-ring (bicyclic) bond motifs is 1. The summed E-state index contributed by atoms with van der Waals surface area (Å²) in [6, 6.07) is 16.5. The summed E-state index contributed by atoms with van der Waals surface area (Å²) in [6.45, 7) is 0. The number of nitrogen functional groups attached to an aromatic ring is 1. The quantitative estimate of drug-likeness (QED) is 0.573. The number of benzene rings is 2. The minimum Gasteiger partial charge on any atom is -0.399 e. The number of nitrogens with zero attached hydrogens (tertiary/aromatic N) is 1. The number of carbonyl (C=O) groups excluding carboxylic acids is 1. The van der Waals surface area contributed by atoms with Gasteiger partial charge in [-0.05, 0) is 35.9 Å². The number of para-hydroxylation sites is 1. The van der Waals surface area contributed by atoms with Crippen molar-refractivity contribution in [2.75, 3.05) is 5.73 Å². The van der Waals surface area contributed by atoms with Gasteiger partial charge in [-0.3, -0.25) is 4.79 Å². The molecule has 0 aliphatic heterocycles. The van der Waals surface area contributed by atoms with E-state index in [1.165, 1.54) is 0 Å². The van der Waals surface area contributed by atoms with Gasteiger partial charge in [0.25, 0.3) is 5.24 Å². The van der Waals surface area contributed by atoms with Gasteiger partial charge in [0.1, 0.15) is 0 Å². The van der Waals surface area contributed by atoms with E-state index < -0.39 is 5.24 Å². The Morgan fingerprint density at radius 3 is 2.45 bits per heavy atom. The van der Waals surface area contributed by atoms with Crippen molar-refractivity contribution in [2.45, 2.75) is 0 Å². The zero-order valence-electron chi connectivity index (χ0n) is 10.5. The van der Waals surface area contributed by atoms with Crippen molar-refractivity contribution < 1.29 is 4.79 Å². The van der Waals surface area contributed by atoms with Crippen LogP contribution in [0.2, 0.25) is 0 Å². The van der Waals surface area contributed by atoms with Crippen molar-refractivity contribution in [1.29, 1.82) is 0 Å². The maximum absolute atomic E-state index is 11.6. The highest BCUT2D eigenvalue weighted by atomic mass is 35.5. The van der Waals surface area contributed by atoms with E-state index in [2.05, 4.69) is 4.98 Å². The first-order chi connectivity index (χ1) is 9.65. The van der Waals surface area contributed by atoms with E-state index in [1.807, 2.05) is 36.4 Å². The van der Waals surface area contributed by atoms with E-state index in [1.54, 1.807) is 18.2 Å². The fourth-order valence-corrected chi connectivity index (χ4v) is 2.30. The Morgan fingerprint density at radius 2 is 1.75 bits per heavy atom. The molecule has 20 heavy (non-hydrogen) atoms. The third-order valence-electron chi connectivity index (χ3n) is 3.13. The molecule has 3 nitrogen and oxygen atoms in total.